The van der Waals surface area contributed by atoms with Crippen molar-refractivity contribution in [3.63, 3.8) is 0 Å². The fraction of sp³-hybridized carbons (Fsp3) is 0.450. The first-order valence-electron chi connectivity index (χ1n) is 9.36. The number of benzene rings is 1. The maximum atomic E-state index is 12.6. The summed E-state index contributed by atoms with van der Waals surface area (Å²) in [5, 5.41) is 6.31. The lowest BCUT2D eigenvalue weighted by molar-refractivity contribution is -0.130. The second-order valence-corrected chi connectivity index (χ2v) is 6.63. The van der Waals surface area contributed by atoms with Crippen molar-refractivity contribution in [2.45, 2.75) is 40.3 Å². The van der Waals surface area contributed by atoms with Crippen LogP contribution in [0.15, 0.2) is 33.7 Å². The SMILES string of the molecule is CCNC(=NCC(=O)N1CCc2ccccc2C1)NCc1nc(C)c(C)o1.I. The van der Waals surface area contributed by atoms with Gasteiger partial charge in [-0.15, -0.1) is 24.0 Å². The van der Waals surface area contributed by atoms with Crippen molar-refractivity contribution in [1.29, 1.82) is 0 Å². The number of carbonyl (C=O) groups is 1. The minimum Gasteiger partial charge on any atom is -0.444 e. The van der Waals surface area contributed by atoms with Crippen LogP contribution < -0.4 is 10.6 Å². The van der Waals surface area contributed by atoms with Crippen molar-refractivity contribution < 1.29 is 9.21 Å². The second-order valence-electron chi connectivity index (χ2n) is 6.63. The average Bonchev–Trinajstić information content (AvgIpc) is 3.01. The number of nitrogens with zero attached hydrogens (tertiary/aromatic N) is 3. The number of halogens is 1. The van der Waals surface area contributed by atoms with Gasteiger partial charge in [0.2, 0.25) is 11.8 Å². The van der Waals surface area contributed by atoms with Crippen LogP contribution in [0.1, 0.15) is 35.4 Å². The van der Waals surface area contributed by atoms with Gasteiger partial charge in [0, 0.05) is 19.6 Å². The molecule has 0 saturated heterocycles. The molecular weight excluding hydrogens is 469 g/mol. The van der Waals surface area contributed by atoms with E-state index >= 15 is 0 Å². The molecule has 2 aromatic rings. The fourth-order valence-electron chi connectivity index (χ4n) is 3.07. The molecular formula is C20H28IN5O2. The zero-order valence-corrected chi connectivity index (χ0v) is 18.9. The van der Waals surface area contributed by atoms with Gasteiger partial charge in [0.15, 0.2) is 5.96 Å². The molecule has 0 spiro atoms. The van der Waals surface area contributed by atoms with E-state index in [4.69, 9.17) is 4.42 Å². The first-order chi connectivity index (χ1) is 13.1. The Bertz CT molecular complexity index is 814. The number of hydrogen-bond acceptors (Lipinski definition) is 4. The summed E-state index contributed by atoms with van der Waals surface area (Å²) >= 11 is 0. The highest BCUT2D eigenvalue weighted by atomic mass is 127. The summed E-state index contributed by atoms with van der Waals surface area (Å²) in [5.41, 5.74) is 3.44. The fourth-order valence-corrected chi connectivity index (χ4v) is 3.07. The van der Waals surface area contributed by atoms with Crippen LogP contribution in [0.2, 0.25) is 0 Å². The number of rotatable bonds is 5. The highest BCUT2D eigenvalue weighted by Crippen LogP contribution is 2.18. The molecule has 152 valence electrons. The first-order valence-corrected chi connectivity index (χ1v) is 9.36. The lowest BCUT2D eigenvalue weighted by atomic mass is 10.00. The van der Waals surface area contributed by atoms with E-state index in [-0.39, 0.29) is 36.4 Å². The number of carbonyl (C=O) groups excluding carboxylic acids is 1. The summed E-state index contributed by atoms with van der Waals surface area (Å²) in [4.78, 5) is 23.2. The lowest BCUT2D eigenvalue weighted by Gasteiger charge is -2.28. The molecule has 1 aromatic heterocycles. The van der Waals surface area contributed by atoms with Crippen LogP contribution in [0.25, 0.3) is 0 Å². The molecule has 8 heteroatoms. The molecule has 0 aliphatic carbocycles. The molecule has 0 fully saturated rings. The van der Waals surface area contributed by atoms with Gasteiger partial charge in [0.25, 0.3) is 0 Å². The molecule has 1 amide bonds. The van der Waals surface area contributed by atoms with E-state index in [1.807, 2.05) is 37.8 Å². The van der Waals surface area contributed by atoms with Crippen LogP contribution >= 0.6 is 24.0 Å². The minimum absolute atomic E-state index is 0. The van der Waals surface area contributed by atoms with Crippen LogP contribution in [0.4, 0.5) is 0 Å². The predicted molar refractivity (Wildman–Crippen MR) is 120 cm³/mol. The third-order valence-corrected chi connectivity index (χ3v) is 4.68. The van der Waals surface area contributed by atoms with Gasteiger partial charge in [-0.2, -0.15) is 0 Å². The van der Waals surface area contributed by atoms with Gasteiger partial charge in [0.1, 0.15) is 12.3 Å². The van der Waals surface area contributed by atoms with Crippen LogP contribution in [0, 0.1) is 13.8 Å². The minimum atomic E-state index is 0. The smallest absolute Gasteiger partial charge is 0.244 e. The zero-order valence-electron chi connectivity index (χ0n) is 16.6. The predicted octanol–water partition coefficient (Wildman–Crippen LogP) is 2.55. The summed E-state index contributed by atoms with van der Waals surface area (Å²) in [7, 11) is 0. The summed E-state index contributed by atoms with van der Waals surface area (Å²) in [6, 6.07) is 8.29. The van der Waals surface area contributed by atoms with Crippen molar-refractivity contribution in [2.75, 3.05) is 19.6 Å². The summed E-state index contributed by atoms with van der Waals surface area (Å²) in [5.74, 6) is 2.03. The number of fused-ring (bicyclic) bond motifs is 1. The Morgan fingerprint density at radius 1 is 1.25 bits per heavy atom. The Labute approximate surface area is 183 Å². The molecule has 3 rings (SSSR count). The Hall–Kier alpha value is -2.10. The van der Waals surface area contributed by atoms with Gasteiger partial charge in [-0.3, -0.25) is 4.79 Å². The quantitative estimate of drug-likeness (QED) is 0.377. The highest BCUT2D eigenvalue weighted by Gasteiger charge is 2.20. The molecule has 0 unspecified atom stereocenters. The molecule has 0 saturated carbocycles. The number of nitrogens with one attached hydrogen (secondary N) is 2. The normalized spacial score (nSPS) is 13.5. The molecule has 2 heterocycles. The number of aromatic nitrogens is 1. The monoisotopic (exact) mass is 497 g/mol. The summed E-state index contributed by atoms with van der Waals surface area (Å²) in [6.07, 6.45) is 0.896. The van der Waals surface area contributed by atoms with Gasteiger partial charge < -0.3 is 20.0 Å². The molecule has 7 nitrogen and oxygen atoms in total. The third-order valence-electron chi connectivity index (χ3n) is 4.68. The number of guanidine groups is 1. The summed E-state index contributed by atoms with van der Waals surface area (Å²) in [6.45, 7) is 8.43. The Kier molecular flexibility index (Phi) is 8.28. The molecule has 0 atom stereocenters. The second kappa shape index (κ2) is 10.4. The van der Waals surface area contributed by atoms with Crippen molar-refractivity contribution in [3.8, 4) is 0 Å². The number of oxazole rings is 1. The van der Waals surface area contributed by atoms with E-state index in [9.17, 15) is 4.79 Å². The standard InChI is InChI=1S/C20H27N5O2.HI/c1-4-21-20(22-11-18-24-14(2)15(3)27-18)23-12-19(26)25-10-9-16-7-5-6-8-17(16)13-25;/h5-8H,4,9-13H2,1-3H3,(H2,21,22,23);1H. The number of amides is 1. The molecule has 0 radical (unpaired) electrons. The molecule has 0 bridgehead atoms. The Balaban J connectivity index is 0.00000280. The molecule has 28 heavy (non-hydrogen) atoms. The van der Waals surface area contributed by atoms with Crippen LogP contribution in [0.3, 0.4) is 0 Å². The highest BCUT2D eigenvalue weighted by molar-refractivity contribution is 14.0. The third kappa shape index (κ3) is 5.70. The van der Waals surface area contributed by atoms with E-state index in [0.717, 1.165) is 24.4 Å². The van der Waals surface area contributed by atoms with Crippen molar-refractivity contribution in [1.82, 2.24) is 20.5 Å². The van der Waals surface area contributed by atoms with Gasteiger partial charge in [0.05, 0.1) is 12.2 Å². The topological polar surface area (TPSA) is 82.8 Å². The molecule has 1 aliphatic heterocycles. The Morgan fingerprint density at radius 2 is 2.00 bits per heavy atom. The van der Waals surface area contributed by atoms with Gasteiger partial charge >= 0.3 is 0 Å². The Morgan fingerprint density at radius 3 is 2.68 bits per heavy atom. The maximum Gasteiger partial charge on any atom is 0.244 e. The first kappa shape index (κ1) is 22.2. The van der Waals surface area contributed by atoms with Crippen LogP contribution in [0.5, 0.6) is 0 Å². The maximum absolute atomic E-state index is 12.6. The van der Waals surface area contributed by atoms with Gasteiger partial charge in [-0.05, 0) is 38.3 Å². The van der Waals surface area contributed by atoms with Crippen molar-refractivity contribution in [3.05, 3.63) is 52.7 Å². The molecule has 1 aromatic carbocycles. The number of hydrogen-bond donors (Lipinski definition) is 2. The molecule has 1 aliphatic rings. The van der Waals surface area contributed by atoms with Crippen molar-refractivity contribution >= 4 is 35.8 Å². The van der Waals surface area contributed by atoms with Crippen molar-refractivity contribution in [2.24, 2.45) is 4.99 Å². The number of aryl methyl sites for hydroxylation is 2. The van der Waals surface area contributed by atoms with Gasteiger partial charge in [-0.25, -0.2) is 9.98 Å². The lowest BCUT2D eigenvalue weighted by Crippen LogP contribution is -2.40. The van der Waals surface area contributed by atoms with E-state index in [1.54, 1.807) is 0 Å². The zero-order chi connectivity index (χ0) is 19.2. The van der Waals surface area contributed by atoms with Gasteiger partial charge in [-0.1, -0.05) is 24.3 Å². The van der Waals surface area contributed by atoms with E-state index in [0.29, 0.717) is 31.5 Å². The van der Waals surface area contributed by atoms with Crippen LogP contribution in [-0.2, 0) is 24.3 Å². The summed E-state index contributed by atoms with van der Waals surface area (Å²) < 4.78 is 5.57. The van der Waals surface area contributed by atoms with E-state index in [2.05, 4.69) is 32.7 Å². The van der Waals surface area contributed by atoms with E-state index < -0.39 is 0 Å². The average molecular weight is 497 g/mol. The van der Waals surface area contributed by atoms with Crippen LogP contribution in [-0.4, -0.2) is 41.4 Å². The number of aliphatic imine (C=N–C) groups is 1. The molecule has 2 N–H and O–H groups in total. The van der Waals surface area contributed by atoms with E-state index in [1.165, 1.54) is 11.1 Å². The largest absolute Gasteiger partial charge is 0.444 e.